The first-order valence-electron chi connectivity index (χ1n) is 5.69. The van der Waals surface area contributed by atoms with Gasteiger partial charge in [-0.25, -0.2) is 4.79 Å². The van der Waals surface area contributed by atoms with Crippen LogP contribution in [0.5, 0.6) is 0 Å². The molecule has 17 heavy (non-hydrogen) atoms. The summed E-state index contributed by atoms with van der Waals surface area (Å²) in [5, 5.41) is 14.3. The van der Waals surface area contributed by atoms with Gasteiger partial charge in [0, 0.05) is 12.6 Å². The number of rotatable bonds is 4. The Labute approximate surface area is 102 Å². The van der Waals surface area contributed by atoms with Gasteiger partial charge in [0.1, 0.15) is 0 Å². The summed E-state index contributed by atoms with van der Waals surface area (Å²) >= 11 is 0. The van der Waals surface area contributed by atoms with Crippen molar-refractivity contribution in [1.82, 2.24) is 10.6 Å². The lowest BCUT2D eigenvalue weighted by Crippen LogP contribution is -2.40. The first-order chi connectivity index (χ1) is 8.15. The van der Waals surface area contributed by atoms with Crippen molar-refractivity contribution in [3.05, 3.63) is 35.4 Å². The summed E-state index contributed by atoms with van der Waals surface area (Å²) in [6, 6.07) is 9.25. The van der Waals surface area contributed by atoms with Crippen LogP contribution < -0.4 is 10.6 Å². The van der Waals surface area contributed by atoms with Crippen LogP contribution in [0.25, 0.3) is 0 Å². The minimum absolute atomic E-state index is 0.167. The van der Waals surface area contributed by atoms with Gasteiger partial charge >= 0.3 is 6.03 Å². The Balaban J connectivity index is 2.45. The summed E-state index contributed by atoms with van der Waals surface area (Å²) in [7, 11) is 0. The van der Waals surface area contributed by atoms with Gasteiger partial charge in [-0.2, -0.15) is 5.26 Å². The van der Waals surface area contributed by atoms with Gasteiger partial charge in [0.05, 0.1) is 11.6 Å². The highest BCUT2D eigenvalue weighted by atomic mass is 16.2. The molecule has 0 aliphatic rings. The summed E-state index contributed by atoms with van der Waals surface area (Å²) in [4.78, 5) is 11.5. The third-order valence-electron chi connectivity index (χ3n) is 2.50. The quantitative estimate of drug-likeness (QED) is 0.834. The van der Waals surface area contributed by atoms with Gasteiger partial charge in [-0.1, -0.05) is 19.1 Å². The summed E-state index contributed by atoms with van der Waals surface area (Å²) in [5.74, 6) is 0. The normalized spacial score (nSPS) is 11.4. The van der Waals surface area contributed by atoms with E-state index < -0.39 is 0 Å². The van der Waals surface area contributed by atoms with Crippen LogP contribution in [0.4, 0.5) is 4.79 Å². The maximum Gasteiger partial charge on any atom is 0.315 e. The summed E-state index contributed by atoms with van der Waals surface area (Å²) < 4.78 is 0. The van der Waals surface area contributed by atoms with Crippen LogP contribution >= 0.6 is 0 Å². The number of hydrogen-bond donors (Lipinski definition) is 2. The number of urea groups is 1. The molecule has 0 aromatic heterocycles. The number of benzene rings is 1. The van der Waals surface area contributed by atoms with Crippen molar-refractivity contribution in [3.63, 3.8) is 0 Å². The molecule has 0 spiro atoms. The Bertz CT molecular complexity index is 423. The lowest BCUT2D eigenvalue weighted by molar-refractivity contribution is 0.237. The van der Waals surface area contributed by atoms with Gasteiger partial charge in [0.15, 0.2) is 0 Å². The van der Waals surface area contributed by atoms with Gasteiger partial charge in [-0.15, -0.1) is 0 Å². The number of amides is 2. The Morgan fingerprint density at radius 1 is 1.53 bits per heavy atom. The summed E-state index contributed by atoms with van der Waals surface area (Å²) in [5.41, 5.74) is 1.52. The Hall–Kier alpha value is -2.02. The highest BCUT2D eigenvalue weighted by Gasteiger charge is 2.04. The fourth-order valence-electron chi connectivity index (χ4n) is 1.31. The number of carbonyl (C=O) groups excluding carboxylic acids is 1. The van der Waals surface area contributed by atoms with Crippen LogP contribution in [0.3, 0.4) is 0 Å². The van der Waals surface area contributed by atoms with Crippen molar-refractivity contribution in [2.75, 3.05) is 0 Å². The van der Waals surface area contributed by atoms with E-state index in [1.165, 1.54) is 0 Å². The zero-order chi connectivity index (χ0) is 12.7. The largest absolute Gasteiger partial charge is 0.336 e. The third-order valence-corrected chi connectivity index (χ3v) is 2.50. The molecule has 0 radical (unpaired) electrons. The highest BCUT2D eigenvalue weighted by molar-refractivity contribution is 5.74. The standard InChI is InChI=1S/C13H17N3O/c1-3-10(2)16-13(17)15-9-12-6-4-5-11(7-12)8-14/h4-7,10H,3,9H2,1-2H3,(H2,15,16,17). The van der Waals surface area contributed by atoms with Gasteiger partial charge in [0.25, 0.3) is 0 Å². The van der Waals surface area contributed by atoms with E-state index in [1.54, 1.807) is 12.1 Å². The van der Waals surface area contributed by atoms with E-state index in [4.69, 9.17) is 5.26 Å². The Kier molecular flexibility index (Phi) is 5.02. The molecule has 0 saturated heterocycles. The molecule has 4 nitrogen and oxygen atoms in total. The van der Waals surface area contributed by atoms with Crippen molar-refractivity contribution in [3.8, 4) is 6.07 Å². The van der Waals surface area contributed by atoms with Gasteiger partial charge in [-0.3, -0.25) is 0 Å². The minimum atomic E-state index is -0.179. The predicted octanol–water partition coefficient (Wildman–Crippen LogP) is 2.16. The van der Waals surface area contributed by atoms with Gasteiger partial charge in [-0.05, 0) is 31.0 Å². The van der Waals surface area contributed by atoms with Crippen molar-refractivity contribution >= 4 is 6.03 Å². The molecule has 90 valence electrons. The molecule has 2 N–H and O–H groups in total. The number of nitrogens with one attached hydrogen (secondary N) is 2. The predicted molar refractivity (Wildman–Crippen MR) is 66.3 cm³/mol. The molecule has 1 rings (SSSR count). The first kappa shape index (κ1) is 13.0. The molecule has 0 heterocycles. The molecule has 0 aliphatic carbocycles. The van der Waals surface area contributed by atoms with Crippen LogP contribution in [0.1, 0.15) is 31.4 Å². The lowest BCUT2D eigenvalue weighted by Gasteiger charge is -2.12. The average molecular weight is 231 g/mol. The second kappa shape index (κ2) is 6.54. The second-order valence-corrected chi connectivity index (χ2v) is 3.95. The second-order valence-electron chi connectivity index (χ2n) is 3.95. The smallest absolute Gasteiger partial charge is 0.315 e. The monoisotopic (exact) mass is 231 g/mol. The average Bonchev–Trinajstić information content (AvgIpc) is 2.36. The molecular weight excluding hydrogens is 214 g/mol. The molecule has 1 unspecified atom stereocenters. The van der Waals surface area contributed by atoms with Crippen molar-refractivity contribution in [2.45, 2.75) is 32.9 Å². The Morgan fingerprint density at radius 2 is 2.29 bits per heavy atom. The molecule has 0 fully saturated rings. The summed E-state index contributed by atoms with van der Waals surface area (Å²) in [6.45, 7) is 4.40. The lowest BCUT2D eigenvalue weighted by atomic mass is 10.1. The molecule has 0 saturated carbocycles. The molecule has 0 aliphatic heterocycles. The van der Waals surface area contributed by atoms with E-state index in [1.807, 2.05) is 26.0 Å². The maximum atomic E-state index is 11.5. The maximum absolute atomic E-state index is 11.5. The SMILES string of the molecule is CCC(C)NC(=O)NCc1cccc(C#N)c1. The molecule has 2 amide bonds. The highest BCUT2D eigenvalue weighted by Crippen LogP contribution is 2.03. The number of carbonyl (C=O) groups is 1. The zero-order valence-electron chi connectivity index (χ0n) is 10.2. The summed E-state index contributed by atoms with van der Waals surface area (Å²) in [6.07, 6.45) is 0.900. The van der Waals surface area contributed by atoms with E-state index in [0.29, 0.717) is 12.1 Å². The first-order valence-corrected chi connectivity index (χ1v) is 5.69. The van der Waals surface area contributed by atoms with Crippen LogP contribution in [-0.2, 0) is 6.54 Å². The fraction of sp³-hybridized carbons (Fsp3) is 0.385. The van der Waals surface area contributed by atoms with Crippen LogP contribution in [0.15, 0.2) is 24.3 Å². The third kappa shape index (κ3) is 4.56. The molecule has 1 aromatic rings. The fourth-order valence-corrected chi connectivity index (χ4v) is 1.31. The molecule has 1 atom stereocenters. The van der Waals surface area contributed by atoms with E-state index in [2.05, 4.69) is 16.7 Å². The van der Waals surface area contributed by atoms with Crippen molar-refractivity contribution < 1.29 is 4.79 Å². The number of nitriles is 1. The topological polar surface area (TPSA) is 64.9 Å². The van der Waals surface area contributed by atoms with Crippen molar-refractivity contribution in [1.29, 1.82) is 5.26 Å². The van der Waals surface area contributed by atoms with Crippen LogP contribution in [-0.4, -0.2) is 12.1 Å². The Morgan fingerprint density at radius 3 is 2.94 bits per heavy atom. The van der Waals surface area contributed by atoms with E-state index >= 15 is 0 Å². The van der Waals surface area contributed by atoms with Crippen LogP contribution in [0, 0.1) is 11.3 Å². The minimum Gasteiger partial charge on any atom is -0.336 e. The molecule has 4 heteroatoms. The van der Waals surface area contributed by atoms with Gasteiger partial charge < -0.3 is 10.6 Å². The van der Waals surface area contributed by atoms with Crippen molar-refractivity contribution in [2.24, 2.45) is 0 Å². The van der Waals surface area contributed by atoms with E-state index in [9.17, 15) is 4.79 Å². The number of nitrogens with zero attached hydrogens (tertiary/aromatic N) is 1. The van der Waals surface area contributed by atoms with E-state index in [-0.39, 0.29) is 12.1 Å². The molecular formula is C13H17N3O. The molecule has 0 bridgehead atoms. The van der Waals surface area contributed by atoms with E-state index in [0.717, 1.165) is 12.0 Å². The molecule has 1 aromatic carbocycles. The van der Waals surface area contributed by atoms with Gasteiger partial charge in [0.2, 0.25) is 0 Å². The number of hydrogen-bond acceptors (Lipinski definition) is 2. The zero-order valence-corrected chi connectivity index (χ0v) is 10.2. The van der Waals surface area contributed by atoms with Crippen LogP contribution in [0.2, 0.25) is 0 Å².